The zero-order valence-electron chi connectivity index (χ0n) is 26.2. The predicted molar refractivity (Wildman–Crippen MR) is 177 cm³/mol. The van der Waals surface area contributed by atoms with Gasteiger partial charge in [-0.2, -0.15) is 0 Å². The number of urea groups is 1. The molecule has 0 bridgehead atoms. The molecule has 10 nitrogen and oxygen atoms in total. The Kier molecular flexibility index (Phi) is 9.65. The lowest BCUT2D eigenvalue weighted by Gasteiger charge is -2.47. The summed E-state index contributed by atoms with van der Waals surface area (Å²) in [6, 6.07) is 13.9. The number of amides is 3. The number of halogens is 2. The second kappa shape index (κ2) is 14.0. The van der Waals surface area contributed by atoms with Crippen molar-refractivity contribution in [2.45, 2.75) is 32.6 Å². The highest BCUT2D eigenvalue weighted by Gasteiger charge is 2.41. The van der Waals surface area contributed by atoms with Gasteiger partial charge in [-0.15, -0.1) is 0 Å². The maximum Gasteiger partial charge on any atom is 0.323 e. The van der Waals surface area contributed by atoms with Crippen molar-refractivity contribution in [1.82, 2.24) is 9.88 Å². The van der Waals surface area contributed by atoms with Crippen LogP contribution in [-0.2, 0) is 9.53 Å². The highest BCUT2D eigenvalue weighted by Crippen LogP contribution is 2.40. The summed E-state index contributed by atoms with van der Waals surface area (Å²) in [5, 5.41) is 6.03. The Labute approximate surface area is 277 Å². The van der Waals surface area contributed by atoms with Gasteiger partial charge in [0.1, 0.15) is 17.3 Å². The number of methoxy groups -OCH3 is 1. The van der Waals surface area contributed by atoms with Crippen LogP contribution in [0.3, 0.4) is 0 Å². The van der Waals surface area contributed by atoms with E-state index in [9.17, 15) is 14.0 Å². The first kappa shape index (κ1) is 32.3. The molecule has 0 aliphatic carbocycles. The van der Waals surface area contributed by atoms with Gasteiger partial charge in [0.05, 0.1) is 48.8 Å². The Hall–Kier alpha value is -4.61. The Morgan fingerprint density at radius 3 is 2.51 bits per heavy atom. The highest BCUT2D eigenvalue weighted by molar-refractivity contribution is 6.34. The van der Waals surface area contributed by atoms with Crippen LogP contribution in [0.15, 0.2) is 60.8 Å². The Balaban J connectivity index is 1.06. The molecule has 0 radical (unpaired) electrons. The maximum absolute atomic E-state index is 14.1. The summed E-state index contributed by atoms with van der Waals surface area (Å²) in [6.07, 6.45) is 4.64. The molecule has 246 valence electrons. The number of fused-ring (bicyclic) bond motifs is 1. The Morgan fingerprint density at radius 2 is 1.79 bits per heavy atom. The lowest BCUT2D eigenvalue weighted by molar-refractivity contribution is -0.153. The molecule has 2 aliphatic rings. The molecule has 12 heteroatoms. The molecule has 2 fully saturated rings. The molecule has 1 spiro atoms. The largest absolute Gasteiger partial charge is 0.493 e. The minimum atomic E-state index is -0.637. The number of carbonyl (C=O) groups is 2. The highest BCUT2D eigenvalue weighted by atomic mass is 35.5. The number of piperidine rings is 1. The maximum atomic E-state index is 14.1. The topological polar surface area (TPSA) is 111 Å². The molecule has 4 aromatic rings. The molecule has 3 amide bonds. The number of hydrogen-bond acceptors (Lipinski definition) is 7. The van der Waals surface area contributed by atoms with Gasteiger partial charge in [-0.1, -0.05) is 17.7 Å². The first-order valence-electron chi connectivity index (χ1n) is 15.5. The van der Waals surface area contributed by atoms with E-state index in [1.807, 2.05) is 4.90 Å². The number of nitrogens with zero attached hydrogens (tertiary/aromatic N) is 2. The van der Waals surface area contributed by atoms with Crippen LogP contribution in [0.4, 0.5) is 20.6 Å². The number of likely N-dealkylation sites (tertiary alicyclic amines) is 1. The minimum Gasteiger partial charge on any atom is -0.493 e. The fourth-order valence-corrected chi connectivity index (χ4v) is 5.98. The van der Waals surface area contributed by atoms with Crippen LogP contribution in [0, 0.1) is 18.2 Å². The normalized spacial score (nSPS) is 15.2. The molecule has 2 N–H and O–H groups in total. The number of hydrogen-bond donors (Lipinski definition) is 2. The van der Waals surface area contributed by atoms with Crippen molar-refractivity contribution in [3.05, 3.63) is 77.2 Å². The third-order valence-corrected chi connectivity index (χ3v) is 8.87. The van der Waals surface area contributed by atoms with E-state index in [0.29, 0.717) is 64.5 Å². The molecule has 1 aromatic heterocycles. The summed E-state index contributed by atoms with van der Waals surface area (Å²) in [6.45, 7) is 5.37. The molecule has 6 rings (SSSR count). The zero-order chi connectivity index (χ0) is 33.0. The Morgan fingerprint density at radius 1 is 1.00 bits per heavy atom. The van der Waals surface area contributed by atoms with Crippen molar-refractivity contribution >= 4 is 45.8 Å². The quantitative estimate of drug-likeness (QED) is 0.168. The van der Waals surface area contributed by atoms with Crippen molar-refractivity contribution in [3.63, 3.8) is 0 Å². The van der Waals surface area contributed by atoms with E-state index in [1.54, 1.807) is 62.7 Å². The smallest absolute Gasteiger partial charge is 0.323 e. The van der Waals surface area contributed by atoms with Crippen LogP contribution in [0.5, 0.6) is 23.0 Å². The van der Waals surface area contributed by atoms with Crippen molar-refractivity contribution < 1.29 is 32.9 Å². The van der Waals surface area contributed by atoms with Gasteiger partial charge < -0.3 is 34.5 Å². The second-order valence-corrected chi connectivity index (χ2v) is 12.4. The van der Waals surface area contributed by atoms with Crippen molar-refractivity contribution in [3.8, 4) is 23.0 Å². The molecular formula is C35H36ClFN4O6. The molecule has 2 saturated heterocycles. The number of rotatable bonds is 10. The van der Waals surface area contributed by atoms with Crippen molar-refractivity contribution in [2.24, 2.45) is 5.41 Å². The summed E-state index contributed by atoms with van der Waals surface area (Å²) in [7, 11) is 1.56. The van der Waals surface area contributed by atoms with Crippen molar-refractivity contribution in [2.75, 3.05) is 50.7 Å². The first-order chi connectivity index (χ1) is 22.7. The molecular weight excluding hydrogens is 627 g/mol. The number of ether oxygens (including phenoxy) is 4. The fraction of sp³-hybridized carbons (Fsp3) is 0.343. The van der Waals surface area contributed by atoms with Crippen LogP contribution in [0.2, 0.25) is 5.02 Å². The van der Waals surface area contributed by atoms with Gasteiger partial charge in [-0.25, -0.2) is 9.18 Å². The van der Waals surface area contributed by atoms with E-state index in [1.165, 1.54) is 12.1 Å². The van der Waals surface area contributed by atoms with Gasteiger partial charge in [0, 0.05) is 48.6 Å². The van der Waals surface area contributed by atoms with Crippen LogP contribution in [0.25, 0.3) is 10.9 Å². The Bertz CT molecular complexity index is 1790. The first-order valence-corrected chi connectivity index (χ1v) is 15.9. The van der Waals surface area contributed by atoms with E-state index in [0.717, 1.165) is 44.7 Å². The molecule has 2 aliphatic heterocycles. The van der Waals surface area contributed by atoms with E-state index >= 15 is 0 Å². The molecule has 3 heterocycles. The SMILES string of the molecule is COc1cc2c(Oc3ccc(NC(=O)Nc4cc(C)ccc4F)c(Cl)c3)ccnc2cc1OCCCC(=O)N1CCC2(CC1)COC2. The molecule has 0 unspecified atom stereocenters. The number of aryl methyl sites for hydroxylation is 1. The number of anilines is 2. The van der Waals surface area contributed by atoms with E-state index in [4.69, 9.17) is 30.5 Å². The summed E-state index contributed by atoms with van der Waals surface area (Å²) >= 11 is 6.46. The van der Waals surface area contributed by atoms with Gasteiger partial charge >= 0.3 is 6.03 Å². The van der Waals surface area contributed by atoms with Gasteiger partial charge in [0.2, 0.25) is 5.91 Å². The monoisotopic (exact) mass is 662 g/mol. The lowest BCUT2D eigenvalue weighted by atomic mass is 9.77. The standard InChI is InChI=1S/C35H36ClFN4O6/c1-22-5-7-26(37)29(16-22)40-34(43)39-27-8-6-23(17-25(27)36)47-30-9-12-38-28-19-32(31(44-2)18-24(28)30)46-15-3-4-33(42)41-13-10-35(11-14-41)20-45-21-35/h5-9,12,16-19H,3-4,10-11,13-15,20-21H2,1-2H3,(H2,39,40,43). The minimum absolute atomic E-state index is 0.0630. The van der Waals surface area contributed by atoms with Crippen LogP contribution in [0.1, 0.15) is 31.2 Å². The van der Waals surface area contributed by atoms with Crippen molar-refractivity contribution in [1.29, 1.82) is 0 Å². The summed E-state index contributed by atoms with van der Waals surface area (Å²) in [5.41, 5.74) is 2.11. The molecule has 0 atom stereocenters. The number of benzene rings is 3. The predicted octanol–water partition coefficient (Wildman–Crippen LogP) is 7.58. The summed E-state index contributed by atoms with van der Waals surface area (Å²) in [5.74, 6) is 1.56. The average molecular weight is 663 g/mol. The van der Waals surface area contributed by atoms with Gasteiger partial charge in [-0.05, 0) is 68.1 Å². The summed E-state index contributed by atoms with van der Waals surface area (Å²) in [4.78, 5) is 31.7. The van der Waals surface area contributed by atoms with Crippen LogP contribution >= 0.6 is 11.6 Å². The lowest BCUT2D eigenvalue weighted by Crippen LogP contribution is -2.52. The van der Waals surface area contributed by atoms with E-state index in [2.05, 4.69) is 15.6 Å². The van der Waals surface area contributed by atoms with Gasteiger partial charge in [-0.3, -0.25) is 9.78 Å². The fourth-order valence-electron chi connectivity index (χ4n) is 5.76. The van der Waals surface area contributed by atoms with Crippen LogP contribution in [-0.4, -0.2) is 61.8 Å². The second-order valence-electron chi connectivity index (χ2n) is 12.0. The summed E-state index contributed by atoms with van der Waals surface area (Å²) < 4.78 is 37.2. The number of pyridine rings is 1. The number of nitrogens with one attached hydrogen (secondary N) is 2. The third-order valence-electron chi connectivity index (χ3n) is 8.56. The molecule has 0 saturated carbocycles. The van der Waals surface area contributed by atoms with Gasteiger partial charge in [0.25, 0.3) is 0 Å². The molecule has 47 heavy (non-hydrogen) atoms. The van der Waals surface area contributed by atoms with Gasteiger partial charge in [0.15, 0.2) is 11.5 Å². The van der Waals surface area contributed by atoms with E-state index in [-0.39, 0.29) is 16.6 Å². The number of carbonyl (C=O) groups excluding carboxylic acids is 2. The zero-order valence-corrected chi connectivity index (χ0v) is 27.0. The average Bonchev–Trinajstić information content (AvgIpc) is 3.05. The number of aromatic nitrogens is 1. The molecule has 3 aromatic carbocycles. The van der Waals surface area contributed by atoms with Crippen LogP contribution < -0.4 is 24.8 Å². The van der Waals surface area contributed by atoms with E-state index < -0.39 is 11.8 Å². The third kappa shape index (κ3) is 7.52.